The van der Waals surface area contributed by atoms with Gasteiger partial charge < -0.3 is 19.2 Å². The number of pyridine rings is 1. The van der Waals surface area contributed by atoms with Crippen molar-refractivity contribution in [2.24, 2.45) is 5.41 Å². The average molecular weight is 355 g/mol. The molecule has 0 bridgehead atoms. The lowest BCUT2D eigenvalue weighted by atomic mass is 9.85. The highest BCUT2D eigenvalue weighted by Crippen LogP contribution is 2.36. The molecule has 2 aromatic heterocycles. The van der Waals surface area contributed by atoms with E-state index in [0.717, 1.165) is 39.9 Å². The third kappa shape index (κ3) is 2.93. The number of aromatic nitrogens is 3. The smallest absolute Gasteiger partial charge is 0.226 e. The Morgan fingerprint density at radius 3 is 2.69 bits per heavy atom. The number of benzene rings is 1. The molecule has 0 unspecified atom stereocenters. The molecule has 3 heterocycles. The van der Waals surface area contributed by atoms with Crippen molar-refractivity contribution in [3.63, 3.8) is 0 Å². The van der Waals surface area contributed by atoms with Crippen molar-refractivity contribution in [2.75, 3.05) is 13.2 Å². The third-order valence-electron chi connectivity index (χ3n) is 5.11. The van der Waals surface area contributed by atoms with Crippen LogP contribution in [0.3, 0.4) is 0 Å². The molecule has 0 atom stereocenters. The fourth-order valence-corrected chi connectivity index (χ4v) is 4.21. The zero-order valence-electron chi connectivity index (χ0n) is 15.8. The predicted molar refractivity (Wildman–Crippen MR) is 99.6 cm³/mol. The lowest BCUT2D eigenvalue weighted by Gasteiger charge is -2.34. The standard InChI is InChI=1S/C20H25N3O3/c1-14-21-16-11-23(24)17-8-6-5-7-15(17)18(16)22(14)13-19(2,3)12-20(4)25-9-10-26-20/h5-8,11H,9-10,12-13H2,1-4H3. The van der Waals surface area contributed by atoms with Crippen LogP contribution in [0.15, 0.2) is 30.5 Å². The Balaban J connectivity index is 1.79. The number of hydrogen-bond acceptors (Lipinski definition) is 4. The number of imidazole rings is 1. The topological polar surface area (TPSA) is 63.2 Å². The van der Waals surface area contributed by atoms with E-state index in [-0.39, 0.29) is 5.41 Å². The van der Waals surface area contributed by atoms with Gasteiger partial charge in [0.15, 0.2) is 11.3 Å². The monoisotopic (exact) mass is 355 g/mol. The van der Waals surface area contributed by atoms with Crippen LogP contribution in [0.25, 0.3) is 21.9 Å². The molecule has 6 heteroatoms. The summed E-state index contributed by atoms with van der Waals surface area (Å²) in [6.07, 6.45) is 2.35. The minimum Gasteiger partial charge on any atom is -0.618 e. The molecule has 4 rings (SSSR count). The summed E-state index contributed by atoms with van der Waals surface area (Å²) in [6, 6.07) is 7.68. The van der Waals surface area contributed by atoms with Crippen LogP contribution in [0, 0.1) is 17.5 Å². The van der Waals surface area contributed by atoms with Crippen molar-refractivity contribution < 1.29 is 14.2 Å². The summed E-state index contributed by atoms with van der Waals surface area (Å²) in [5.74, 6) is 0.372. The molecule has 0 N–H and O–H groups in total. The van der Waals surface area contributed by atoms with Gasteiger partial charge in [0.25, 0.3) is 0 Å². The Labute approximate surface area is 152 Å². The van der Waals surface area contributed by atoms with Gasteiger partial charge in [-0.1, -0.05) is 26.0 Å². The third-order valence-corrected chi connectivity index (χ3v) is 5.11. The minimum absolute atomic E-state index is 0.0676. The first-order valence-corrected chi connectivity index (χ1v) is 9.04. The van der Waals surface area contributed by atoms with Gasteiger partial charge in [0, 0.05) is 19.0 Å². The highest BCUT2D eigenvalue weighted by atomic mass is 16.7. The van der Waals surface area contributed by atoms with E-state index in [1.54, 1.807) is 6.20 Å². The van der Waals surface area contributed by atoms with Crippen molar-refractivity contribution in [3.05, 3.63) is 41.5 Å². The van der Waals surface area contributed by atoms with Gasteiger partial charge in [-0.3, -0.25) is 0 Å². The molecule has 138 valence electrons. The fourth-order valence-electron chi connectivity index (χ4n) is 4.21. The maximum atomic E-state index is 12.3. The van der Waals surface area contributed by atoms with E-state index in [1.165, 1.54) is 0 Å². The zero-order chi connectivity index (χ0) is 18.5. The van der Waals surface area contributed by atoms with Crippen LogP contribution in [-0.4, -0.2) is 28.6 Å². The largest absolute Gasteiger partial charge is 0.618 e. The number of nitrogens with zero attached hydrogens (tertiary/aromatic N) is 3. The summed E-state index contributed by atoms with van der Waals surface area (Å²) in [4.78, 5) is 4.64. The van der Waals surface area contributed by atoms with E-state index in [1.807, 2.05) is 38.1 Å². The van der Waals surface area contributed by atoms with Crippen LogP contribution in [0.1, 0.15) is 33.0 Å². The second-order valence-corrected chi connectivity index (χ2v) is 8.12. The van der Waals surface area contributed by atoms with E-state index in [0.29, 0.717) is 18.7 Å². The summed E-state index contributed by atoms with van der Waals surface area (Å²) in [5.41, 5.74) is 2.33. The van der Waals surface area contributed by atoms with Gasteiger partial charge in [-0.2, -0.15) is 4.73 Å². The van der Waals surface area contributed by atoms with Crippen molar-refractivity contribution in [2.45, 2.75) is 46.4 Å². The molecule has 0 aliphatic carbocycles. The van der Waals surface area contributed by atoms with E-state index in [4.69, 9.17) is 9.47 Å². The molecule has 6 nitrogen and oxygen atoms in total. The van der Waals surface area contributed by atoms with E-state index < -0.39 is 5.79 Å². The average Bonchev–Trinajstić information content (AvgIpc) is 3.11. The van der Waals surface area contributed by atoms with Crippen LogP contribution in [0.2, 0.25) is 0 Å². The minimum atomic E-state index is -0.534. The number of ether oxygens (including phenoxy) is 2. The Morgan fingerprint density at radius 1 is 1.27 bits per heavy atom. The number of rotatable bonds is 4. The predicted octanol–water partition coefficient (Wildman–Crippen LogP) is 3.31. The first kappa shape index (κ1) is 17.2. The Morgan fingerprint density at radius 2 is 1.96 bits per heavy atom. The molecule has 1 aliphatic heterocycles. The molecular weight excluding hydrogens is 330 g/mol. The lowest BCUT2D eigenvalue weighted by molar-refractivity contribution is -0.575. The van der Waals surface area contributed by atoms with Gasteiger partial charge in [0.1, 0.15) is 5.82 Å². The van der Waals surface area contributed by atoms with E-state index in [2.05, 4.69) is 23.4 Å². The first-order valence-electron chi connectivity index (χ1n) is 9.04. The molecule has 26 heavy (non-hydrogen) atoms. The summed E-state index contributed by atoms with van der Waals surface area (Å²) < 4.78 is 14.7. The van der Waals surface area contributed by atoms with Gasteiger partial charge in [0.2, 0.25) is 11.7 Å². The van der Waals surface area contributed by atoms with E-state index >= 15 is 0 Å². The molecule has 0 radical (unpaired) electrons. The van der Waals surface area contributed by atoms with Crippen LogP contribution in [-0.2, 0) is 16.0 Å². The van der Waals surface area contributed by atoms with Crippen molar-refractivity contribution >= 4 is 21.9 Å². The Kier molecular flexibility index (Phi) is 3.93. The van der Waals surface area contributed by atoms with Crippen molar-refractivity contribution in [3.8, 4) is 0 Å². The SMILES string of the molecule is Cc1nc2c[n+]([O-])c3ccccc3c2n1CC(C)(C)CC1(C)OCCO1. The maximum absolute atomic E-state index is 12.3. The number of aryl methyl sites for hydroxylation is 1. The number of hydrogen-bond donors (Lipinski definition) is 0. The van der Waals surface area contributed by atoms with Gasteiger partial charge in [-0.05, 0) is 25.3 Å². The maximum Gasteiger partial charge on any atom is 0.226 e. The first-order chi connectivity index (χ1) is 12.3. The molecule has 0 amide bonds. The molecule has 1 fully saturated rings. The van der Waals surface area contributed by atoms with Gasteiger partial charge in [0.05, 0.1) is 24.1 Å². The lowest BCUT2D eigenvalue weighted by Crippen LogP contribution is -2.35. The van der Waals surface area contributed by atoms with Gasteiger partial charge in [-0.25, -0.2) is 4.98 Å². The summed E-state index contributed by atoms with van der Waals surface area (Å²) in [7, 11) is 0. The molecule has 1 aliphatic rings. The zero-order valence-corrected chi connectivity index (χ0v) is 15.8. The van der Waals surface area contributed by atoms with Crippen molar-refractivity contribution in [1.29, 1.82) is 0 Å². The summed E-state index contributed by atoms with van der Waals surface area (Å²) >= 11 is 0. The molecular formula is C20H25N3O3. The van der Waals surface area contributed by atoms with Crippen LogP contribution in [0.4, 0.5) is 0 Å². The van der Waals surface area contributed by atoms with Crippen LogP contribution in [0.5, 0.6) is 0 Å². The highest BCUT2D eigenvalue weighted by molar-refractivity contribution is 6.00. The molecule has 1 aromatic carbocycles. The van der Waals surface area contributed by atoms with Crippen LogP contribution >= 0.6 is 0 Å². The Hall–Kier alpha value is -2.18. The highest BCUT2D eigenvalue weighted by Gasteiger charge is 2.38. The Bertz CT molecular complexity index is 971. The van der Waals surface area contributed by atoms with Gasteiger partial charge in [-0.15, -0.1) is 0 Å². The number of fused-ring (bicyclic) bond motifs is 3. The fraction of sp³-hybridized carbons (Fsp3) is 0.500. The van der Waals surface area contributed by atoms with Crippen LogP contribution < -0.4 is 4.73 Å². The quantitative estimate of drug-likeness (QED) is 0.532. The van der Waals surface area contributed by atoms with Gasteiger partial charge >= 0.3 is 0 Å². The summed E-state index contributed by atoms with van der Waals surface area (Å²) in [5, 5.41) is 13.2. The van der Waals surface area contributed by atoms with Crippen molar-refractivity contribution in [1.82, 2.24) is 9.55 Å². The molecule has 0 saturated carbocycles. The summed E-state index contributed by atoms with van der Waals surface area (Å²) in [6.45, 7) is 10.5. The normalized spacial score (nSPS) is 17.4. The number of para-hydroxylation sites is 1. The molecule has 0 spiro atoms. The molecule has 1 saturated heterocycles. The van der Waals surface area contributed by atoms with E-state index in [9.17, 15) is 5.21 Å². The molecule has 3 aromatic rings. The second-order valence-electron chi connectivity index (χ2n) is 8.12. The second kappa shape index (κ2) is 5.93.